The van der Waals surface area contributed by atoms with Gasteiger partial charge in [-0.15, -0.1) is 0 Å². The van der Waals surface area contributed by atoms with E-state index in [1.807, 2.05) is 0 Å². The third-order valence-electron chi connectivity index (χ3n) is 7.07. The maximum Gasteiger partial charge on any atom is 0.311 e. The summed E-state index contributed by atoms with van der Waals surface area (Å²) in [5.74, 6) is -3.66. The quantitative estimate of drug-likeness (QED) is 0.127. The molecule has 0 saturated carbocycles. The highest BCUT2D eigenvalue weighted by molar-refractivity contribution is 5.98. The van der Waals surface area contributed by atoms with Gasteiger partial charge in [-0.05, 0) is 69.7 Å². The van der Waals surface area contributed by atoms with Gasteiger partial charge in [0.15, 0.2) is 0 Å². The topological polar surface area (TPSA) is 191 Å². The molecule has 0 aromatic heterocycles. The van der Waals surface area contributed by atoms with Crippen LogP contribution in [0, 0.1) is 11.3 Å². The second-order valence-corrected chi connectivity index (χ2v) is 12.4. The van der Waals surface area contributed by atoms with E-state index in [-0.39, 0.29) is 49.6 Å². The molecule has 13 nitrogen and oxygen atoms in total. The molecular weight excluding hydrogens is 584 g/mol. The van der Waals surface area contributed by atoms with E-state index < -0.39 is 41.5 Å². The van der Waals surface area contributed by atoms with E-state index in [1.165, 1.54) is 17.1 Å². The number of amides is 4. The first-order valence-electron chi connectivity index (χ1n) is 15.1. The number of aliphatic hydroxyl groups excluding tert-OH is 1. The Morgan fingerprint density at radius 1 is 0.956 bits per heavy atom. The molecule has 1 aromatic rings. The smallest absolute Gasteiger partial charge is 0.311 e. The summed E-state index contributed by atoms with van der Waals surface area (Å²) < 4.78 is 5.29. The predicted molar refractivity (Wildman–Crippen MR) is 165 cm³/mol. The number of esters is 1. The molecule has 0 spiro atoms. The SMILES string of the molecule is CC(C)[C@H](NC(=O)CCCCCN1C(=O)C=CC1O)C(=O)N[C@@H](CCC(=O)O)C(=O)Nc1ccc(COC(=O)C(C)(C)C)cc1. The van der Waals surface area contributed by atoms with Gasteiger partial charge in [-0.1, -0.05) is 32.4 Å². The fourth-order valence-electron chi connectivity index (χ4n) is 4.34. The molecule has 0 radical (unpaired) electrons. The Bertz CT molecular complexity index is 1240. The number of nitrogens with zero attached hydrogens (tertiary/aromatic N) is 1. The van der Waals surface area contributed by atoms with Crippen molar-refractivity contribution in [1.82, 2.24) is 15.5 Å². The molecule has 0 aliphatic carbocycles. The van der Waals surface area contributed by atoms with E-state index in [4.69, 9.17) is 4.74 Å². The molecule has 1 unspecified atom stereocenters. The fraction of sp³-hybridized carbons (Fsp3) is 0.562. The summed E-state index contributed by atoms with van der Waals surface area (Å²) in [6.07, 6.45) is 3.13. The van der Waals surface area contributed by atoms with Gasteiger partial charge >= 0.3 is 11.9 Å². The Morgan fingerprint density at radius 2 is 1.62 bits per heavy atom. The number of rotatable bonds is 17. The Hall–Kier alpha value is -4.26. The molecule has 45 heavy (non-hydrogen) atoms. The van der Waals surface area contributed by atoms with E-state index in [9.17, 15) is 39.0 Å². The summed E-state index contributed by atoms with van der Waals surface area (Å²) in [7, 11) is 0. The van der Waals surface area contributed by atoms with E-state index in [1.54, 1.807) is 58.9 Å². The number of unbranched alkanes of at least 4 members (excludes halogenated alkanes) is 2. The first-order valence-corrected chi connectivity index (χ1v) is 15.1. The van der Waals surface area contributed by atoms with Crippen LogP contribution in [-0.2, 0) is 40.1 Å². The van der Waals surface area contributed by atoms with Crippen molar-refractivity contribution in [1.29, 1.82) is 0 Å². The lowest BCUT2D eigenvalue weighted by molar-refractivity contribution is -0.154. The lowest BCUT2D eigenvalue weighted by Gasteiger charge is -2.25. The number of aliphatic carboxylic acids is 1. The van der Waals surface area contributed by atoms with Crippen molar-refractivity contribution < 1.29 is 43.7 Å². The summed E-state index contributed by atoms with van der Waals surface area (Å²) in [5, 5.41) is 26.9. The summed E-state index contributed by atoms with van der Waals surface area (Å²) in [5.41, 5.74) is 0.463. The molecule has 1 aromatic carbocycles. The molecule has 13 heteroatoms. The monoisotopic (exact) mass is 630 g/mol. The lowest BCUT2D eigenvalue weighted by atomic mass is 9.97. The number of nitrogens with one attached hydrogen (secondary N) is 3. The minimum atomic E-state index is -1.18. The number of hydrogen-bond donors (Lipinski definition) is 5. The maximum absolute atomic E-state index is 13.2. The average Bonchev–Trinajstić information content (AvgIpc) is 3.28. The first kappa shape index (κ1) is 36.9. The van der Waals surface area contributed by atoms with Crippen molar-refractivity contribution in [2.75, 3.05) is 11.9 Å². The van der Waals surface area contributed by atoms with Gasteiger partial charge < -0.3 is 35.8 Å². The average molecular weight is 631 g/mol. The van der Waals surface area contributed by atoms with Crippen LogP contribution in [0.3, 0.4) is 0 Å². The molecule has 4 amide bonds. The third kappa shape index (κ3) is 12.7. The highest BCUT2D eigenvalue weighted by Crippen LogP contribution is 2.18. The number of carboxylic acids is 1. The van der Waals surface area contributed by atoms with E-state index in [0.29, 0.717) is 37.1 Å². The molecule has 0 saturated heterocycles. The van der Waals surface area contributed by atoms with Crippen LogP contribution in [0.25, 0.3) is 0 Å². The Balaban J connectivity index is 1.92. The highest BCUT2D eigenvalue weighted by atomic mass is 16.5. The Labute approximate surface area is 263 Å². The van der Waals surface area contributed by atoms with Crippen molar-refractivity contribution in [3.63, 3.8) is 0 Å². The number of benzene rings is 1. The molecule has 1 aliphatic heterocycles. The van der Waals surface area contributed by atoms with Crippen LogP contribution >= 0.6 is 0 Å². The number of hydrogen-bond acceptors (Lipinski definition) is 8. The summed E-state index contributed by atoms with van der Waals surface area (Å²) in [4.78, 5) is 75.2. The predicted octanol–water partition coefficient (Wildman–Crippen LogP) is 2.48. The number of aliphatic hydroxyl groups is 1. The molecule has 3 atom stereocenters. The summed E-state index contributed by atoms with van der Waals surface area (Å²) >= 11 is 0. The Kier molecular flexibility index (Phi) is 14.2. The summed E-state index contributed by atoms with van der Waals surface area (Å²) in [6.45, 7) is 9.16. The van der Waals surface area contributed by atoms with Gasteiger partial charge in [0.05, 0.1) is 5.41 Å². The van der Waals surface area contributed by atoms with E-state index >= 15 is 0 Å². The number of carboxylic acid groups (broad SMARTS) is 1. The van der Waals surface area contributed by atoms with E-state index in [0.717, 1.165) is 0 Å². The van der Waals surface area contributed by atoms with Gasteiger partial charge in [0.2, 0.25) is 23.6 Å². The summed E-state index contributed by atoms with van der Waals surface area (Å²) in [6, 6.07) is 4.41. The van der Waals surface area contributed by atoms with Gasteiger partial charge in [0, 0.05) is 31.1 Å². The third-order valence-corrected chi connectivity index (χ3v) is 7.07. The highest BCUT2D eigenvalue weighted by Gasteiger charge is 2.29. The van der Waals surface area contributed by atoms with Gasteiger partial charge in [0.1, 0.15) is 24.9 Å². The van der Waals surface area contributed by atoms with Crippen molar-refractivity contribution in [3.8, 4) is 0 Å². The zero-order valence-corrected chi connectivity index (χ0v) is 26.6. The van der Waals surface area contributed by atoms with Crippen LogP contribution in [0.15, 0.2) is 36.4 Å². The molecule has 5 N–H and O–H groups in total. The number of anilines is 1. The van der Waals surface area contributed by atoms with Crippen molar-refractivity contribution in [2.45, 2.75) is 98.1 Å². The number of carbonyl (C=O) groups is 6. The second kappa shape index (κ2) is 17.3. The first-order chi connectivity index (χ1) is 21.1. The molecule has 2 rings (SSSR count). The van der Waals surface area contributed by atoms with E-state index in [2.05, 4.69) is 16.0 Å². The van der Waals surface area contributed by atoms with Crippen molar-refractivity contribution in [2.24, 2.45) is 11.3 Å². The maximum atomic E-state index is 13.2. The van der Waals surface area contributed by atoms with Crippen LogP contribution in [-0.4, -0.2) is 75.5 Å². The van der Waals surface area contributed by atoms with Crippen LogP contribution in [0.5, 0.6) is 0 Å². The molecule has 1 heterocycles. The molecule has 0 fully saturated rings. The molecule has 1 aliphatic rings. The van der Waals surface area contributed by atoms with Gasteiger partial charge in [-0.25, -0.2) is 0 Å². The van der Waals surface area contributed by atoms with Crippen LogP contribution in [0.2, 0.25) is 0 Å². The van der Waals surface area contributed by atoms with Crippen LogP contribution < -0.4 is 16.0 Å². The minimum Gasteiger partial charge on any atom is -0.481 e. The number of ether oxygens (including phenoxy) is 1. The lowest BCUT2D eigenvalue weighted by Crippen LogP contribution is -2.54. The normalized spacial score (nSPS) is 15.8. The number of carbonyl (C=O) groups excluding carboxylic acids is 5. The van der Waals surface area contributed by atoms with Gasteiger partial charge in [-0.2, -0.15) is 0 Å². The standard InChI is InChI=1S/C32H46N4O9/c1-20(2)28(35-24(37)9-7-6-8-18-36-25(38)15-16-26(36)39)30(43)34-23(14-17-27(40)41)29(42)33-22-12-10-21(11-13-22)19-45-31(44)32(3,4)5/h10-13,15-16,20,23,25,28,38H,6-9,14,17-19H2,1-5H3,(H,33,42)(H,34,43)(H,35,37)(H,40,41)/t23-,25?,28-/m0/s1. The Morgan fingerprint density at radius 3 is 2.18 bits per heavy atom. The van der Waals surface area contributed by atoms with Gasteiger partial charge in [0.25, 0.3) is 0 Å². The van der Waals surface area contributed by atoms with Crippen LogP contribution in [0.1, 0.15) is 78.7 Å². The fourth-order valence-corrected chi connectivity index (χ4v) is 4.34. The van der Waals surface area contributed by atoms with Gasteiger partial charge in [-0.3, -0.25) is 28.8 Å². The van der Waals surface area contributed by atoms with Crippen molar-refractivity contribution in [3.05, 3.63) is 42.0 Å². The minimum absolute atomic E-state index is 0.0609. The molecule has 0 bridgehead atoms. The van der Waals surface area contributed by atoms with Crippen LogP contribution in [0.4, 0.5) is 5.69 Å². The molecular formula is C32H46N4O9. The van der Waals surface area contributed by atoms with Crippen molar-refractivity contribution >= 4 is 41.3 Å². The zero-order valence-electron chi connectivity index (χ0n) is 26.6. The largest absolute Gasteiger partial charge is 0.481 e. The zero-order chi connectivity index (χ0) is 33.7. The molecule has 248 valence electrons. The second-order valence-electron chi connectivity index (χ2n) is 12.4.